The highest BCUT2D eigenvalue weighted by atomic mass is 16.2. The van der Waals surface area contributed by atoms with Gasteiger partial charge in [-0.05, 0) is 13.8 Å². The van der Waals surface area contributed by atoms with Crippen molar-refractivity contribution >= 4 is 5.82 Å². The number of nitrogens with two attached hydrogens (primary N) is 1. The SMILES string of the molecule is Cc1cc(NN)nc(Cn2cc(C)c(=O)[nH]c2=O)n1. The number of aryl methyl sites for hydroxylation is 2. The molecule has 0 fully saturated rings. The Morgan fingerprint density at radius 3 is 2.79 bits per heavy atom. The zero-order chi connectivity index (χ0) is 14.0. The largest absolute Gasteiger partial charge is 0.328 e. The molecule has 2 aromatic rings. The third kappa shape index (κ3) is 2.86. The molecule has 2 rings (SSSR count). The van der Waals surface area contributed by atoms with Crippen molar-refractivity contribution in [3.8, 4) is 0 Å². The van der Waals surface area contributed by atoms with Crippen molar-refractivity contribution < 1.29 is 0 Å². The Hall–Kier alpha value is -2.48. The van der Waals surface area contributed by atoms with Gasteiger partial charge in [0.15, 0.2) is 5.82 Å². The number of anilines is 1. The van der Waals surface area contributed by atoms with Crippen LogP contribution >= 0.6 is 0 Å². The van der Waals surface area contributed by atoms with Gasteiger partial charge in [0.05, 0.1) is 6.54 Å². The lowest BCUT2D eigenvalue weighted by Crippen LogP contribution is -2.31. The summed E-state index contributed by atoms with van der Waals surface area (Å²) >= 11 is 0. The smallest absolute Gasteiger partial charge is 0.308 e. The summed E-state index contributed by atoms with van der Waals surface area (Å²) in [5, 5.41) is 0. The van der Waals surface area contributed by atoms with Crippen LogP contribution in [0.1, 0.15) is 17.1 Å². The number of nitrogens with zero attached hydrogens (tertiary/aromatic N) is 3. The summed E-state index contributed by atoms with van der Waals surface area (Å²) < 4.78 is 1.34. The molecule has 8 heteroatoms. The number of H-pyrrole nitrogens is 1. The summed E-state index contributed by atoms with van der Waals surface area (Å²) in [5.41, 5.74) is 2.72. The van der Waals surface area contributed by atoms with E-state index in [4.69, 9.17) is 5.84 Å². The standard InChI is InChI=1S/C11H14N6O2/c1-6-4-17(11(19)15-10(6)18)5-9-13-7(2)3-8(14-9)16-12/h3-4H,5,12H2,1-2H3,(H,13,14,16)(H,15,18,19). The number of rotatable bonds is 3. The van der Waals surface area contributed by atoms with Gasteiger partial charge in [-0.25, -0.2) is 20.6 Å². The van der Waals surface area contributed by atoms with Crippen molar-refractivity contribution in [3.63, 3.8) is 0 Å². The normalized spacial score (nSPS) is 10.5. The van der Waals surface area contributed by atoms with Crippen LogP contribution in [0.25, 0.3) is 0 Å². The molecule has 0 saturated carbocycles. The van der Waals surface area contributed by atoms with E-state index >= 15 is 0 Å². The van der Waals surface area contributed by atoms with Crippen LogP contribution in [-0.4, -0.2) is 19.5 Å². The Bertz CT molecular complexity index is 718. The van der Waals surface area contributed by atoms with Gasteiger partial charge in [-0.3, -0.25) is 14.3 Å². The minimum atomic E-state index is -0.497. The van der Waals surface area contributed by atoms with Crippen molar-refractivity contribution in [2.45, 2.75) is 20.4 Å². The van der Waals surface area contributed by atoms with E-state index in [1.165, 1.54) is 10.8 Å². The fraction of sp³-hybridized carbons (Fsp3) is 0.273. The van der Waals surface area contributed by atoms with Crippen LogP contribution in [0.3, 0.4) is 0 Å². The van der Waals surface area contributed by atoms with Gasteiger partial charge in [0.1, 0.15) is 5.82 Å². The van der Waals surface area contributed by atoms with Gasteiger partial charge in [-0.1, -0.05) is 0 Å². The molecule has 0 amide bonds. The molecule has 0 spiro atoms. The summed E-state index contributed by atoms with van der Waals surface area (Å²) in [6.07, 6.45) is 1.47. The van der Waals surface area contributed by atoms with Gasteiger partial charge < -0.3 is 5.43 Å². The lowest BCUT2D eigenvalue weighted by Gasteiger charge is -2.07. The van der Waals surface area contributed by atoms with Crippen molar-refractivity contribution in [2.24, 2.45) is 5.84 Å². The van der Waals surface area contributed by atoms with E-state index in [0.717, 1.165) is 5.69 Å². The van der Waals surface area contributed by atoms with E-state index in [1.807, 2.05) is 0 Å². The minimum absolute atomic E-state index is 0.160. The van der Waals surface area contributed by atoms with Crippen molar-refractivity contribution in [1.29, 1.82) is 0 Å². The first-order valence-corrected chi connectivity index (χ1v) is 5.61. The second-order valence-electron chi connectivity index (χ2n) is 4.15. The first kappa shape index (κ1) is 13.0. The third-order valence-corrected chi connectivity index (χ3v) is 2.55. The van der Waals surface area contributed by atoms with Gasteiger partial charge in [0, 0.05) is 23.5 Å². The van der Waals surface area contributed by atoms with E-state index in [-0.39, 0.29) is 6.54 Å². The van der Waals surface area contributed by atoms with E-state index in [2.05, 4.69) is 20.4 Å². The average molecular weight is 262 g/mol. The molecule has 0 aromatic carbocycles. The second kappa shape index (κ2) is 5.02. The number of nitrogen functional groups attached to an aromatic ring is 1. The van der Waals surface area contributed by atoms with Crippen LogP contribution in [-0.2, 0) is 6.54 Å². The van der Waals surface area contributed by atoms with E-state index < -0.39 is 11.2 Å². The van der Waals surface area contributed by atoms with Crippen LogP contribution < -0.4 is 22.5 Å². The number of hydrogen-bond acceptors (Lipinski definition) is 6. The van der Waals surface area contributed by atoms with E-state index in [1.54, 1.807) is 19.9 Å². The Morgan fingerprint density at radius 2 is 2.11 bits per heavy atom. The molecule has 100 valence electrons. The molecule has 0 unspecified atom stereocenters. The molecule has 0 aliphatic heterocycles. The monoisotopic (exact) mass is 262 g/mol. The fourth-order valence-electron chi connectivity index (χ4n) is 1.66. The lowest BCUT2D eigenvalue weighted by atomic mass is 10.3. The second-order valence-corrected chi connectivity index (χ2v) is 4.15. The molecule has 2 aromatic heterocycles. The van der Waals surface area contributed by atoms with Crippen LogP contribution in [0.4, 0.5) is 5.82 Å². The van der Waals surface area contributed by atoms with E-state index in [0.29, 0.717) is 17.2 Å². The third-order valence-electron chi connectivity index (χ3n) is 2.55. The minimum Gasteiger partial charge on any atom is -0.308 e. The molecule has 0 aliphatic rings. The Morgan fingerprint density at radius 1 is 1.37 bits per heavy atom. The molecular weight excluding hydrogens is 248 g/mol. The molecule has 0 aliphatic carbocycles. The molecule has 0 atom stereocenters. The zero-order valence-electron chi connectivity index (χ0n) is 10.6. The van der Waals surface area contributed by atoms with Crippen molar-refractivity contribution in [1.82, 2.24) is 19.5 Å². The fourth-order valence-corrected chi connectivity index (χ4v) is 1.66. The predicted molar refractivity (Wildman–Crippen MR) is 69.7 cm³/mol. The van der Waals surface area contributed by atoms with E-state index in [9.17, 15) is 9.59 Å². The molecule has 0 bridgehead atoms. The molecule has 8 nitrogen and oxygen atoms in total. The van der Waals surface area contributed by atoms with Gasteiger partial charge in [0.25, 0.3) is 5.56 Å². The van der Waals surface area contributed by atoms with Crippen LogP contribution in [0.15, 0.2) is 21.9 Å². The highest BCUT2D eigenvalue weighted by molar-refractivity contribution is 5.33. The quantitative estimate of drug-likeness (QED) is 0.496. The predicted octanol–water partition coefficient (Wildman–Crippen LogP) is -0.723. The van der Waals surface area contributed by atoms with Crippen LogP contribution in [0.2, 0.25) is 0 Å². The maximum Gasteiger partial charge on any atom is 0.328 e. The first-order valence-electron chi connectivity index (χ1n) is 5.61. The van der Waals surface area contributed by atoms with Gasteiger partial charge >= 0.3 is 5.69 Å². The van der Waals surface area contributed by atoms with Crippen molar-refractivity contribution in [3.05, 3.63) is 50.2 Å². The number of aromatic nitrogens is 4. The highest BCUT2D eigenvalue weighted by Gasteiger charge is 2.06. The summed E-state index contributed by atoms with van der Waals surface area (Å²) in [5.74, 6) is 6.20. The number of hydrogen-bond donors (Lipinski definition) is 3. The maximum atomic E-state index is 11.6. The summed E-state index contributed by atoms with van der Waals surface area (Å²) in [7, 11) is 0. The van der Waals surface area contributed by atoms with Gasteiger partial charge in [-0.2, -0.15) is 0 Å². The van der Waals surface area contributed by atoms with Crippen molar-refractivity contribution in [2.75, 3.05) is 5.43 Å². The Balaban J connectivity index is 2.41. The number of nitrogens with one attached hydrogen (secondary N) is 2. The zero-order valence-corrected chi connectivity index (χ0v) is 10.6. The summed E-state index contributed by atoms with van der Waals surface area (Å²) in [6, 6.07) is 1.68. The van der Waals surface area contributed by atoms with Crippen LogP contribution in [0.5, 0.6) is 0 Å². The number of aromatic amines is 1. The molecular formula is C11H14N6O2. The molecule has 0 radical (unpaired) electrons. The first-order chi connectivity index (χ1) is 8.99. The summed E-state index contributed by atoms with van der Waals surface area (Å²) in [6.45, 7) is 3.58. The lowest BCUT2D eigenvalue weighted by molar-refractivity contribution is 0.678. The topological polar surface area (TPSA) is 119 Å². The highest BCUT2D eigenvalue weighted by Crippen LogP contribution is 2.05. The molecule has 4 N–H and O–H groups in total. The summed E-state index contributed by atoms with van der Waals surface area (Å²) in [4.78, 5) is 33.5. The molecule has 2 heterocycles. The maximum absolute atomic E-state index is 11.6. The Kier molecular flexibility index (Phi) is 3.43. The Labute approximate surface area is 108 Å². The number of hydrazine groups is 1. The van der Waals surface area contributed by atoms with Gasteiger partial charge in [-0.15, -0.1) is 0 Å². The van der Waals surface area contributed by atoms with Crippen LogP contribution in [0, 0.1) is 13.8 Å². The average Bonchev–Trinajstić information content (AvgIpc) is 2.35. The van der Waals surface area contributed by atoms with Gasteiger partial charge in [0.2, 0.25) is 0 Å². The molecule has 19 heavy (non-hydrogen) atoms. The molecule has 0 saturated heterocycles.